The Morgan fingerprint density at radius 1 is 1.26 bits per heavy atom. The Kier molecular flexibility index (Phi) is 7.17. The number of aromatic hydroxyl groups is 1. The molecular formula is C27H36N4O7. The Morgan fingerprint density at radius 3 is 2.47 bits per heavy atom. The van der Waals surface area contributed by atoms with E-state index in [9.17, 15) is 34.8 Å². The highest BCUT2D eigenvalue weighted by Crippen LogP contribution is 2.53. The molecule has 2 unspecified atom stereocenters. The zero-order valence-corrected chi connectivity index (χ0v) is 22.1. The highest BCUT2D eigenvalue weighted by Gasteiger charge is 2.67. The Morgan fingerprint density at radius 2 is 1.92 bits per heavy atom. The van der Waals surface area contributed by atoms with Crippen molar-refractivity contribution in [3.63, 3.8) is 0 Å². The maximum atomic E-state index is 14.0. The van der Waals surface area contributed by atoms with Crippen molar-refractivity contribution in [3.8, 4) is 5.75 Å². The van der Waals surface area contributed by atoms with Crippen LogP contribution in [0.1, 0.15) is 23.1 Å². The van der Waals surface area contributed by atoms with Gasteiger partial charge in [-0.1, -0.05) is 6.08 Å². The smallest absolute Gasteiger partial charge is 0.230 e. The molecule has 206 valence electrons. The first-order valence-corrected chi connectivity index (χ1v) is 12.5. The van der Waals surface area contributed by atoms with E-state index < -0.39 is 58.7 Å². The van der Waals surface area contributed by atoms with Crippen LogP contribution in [-0.2, 0) is 27.3 Å². The number of rotatable bonds is 7. The number of primary amides is 1. The maximum Gasteiger partial charge on any atom is 0.230 e. The summed E-state index contributed by atoms with van der Waals surface area (Å²) in [5, 5.41) is 48.4. The van der Waals surface area contributed by atoms with E-state index in [-0.39, 0.29) is 36.3 Å². The maximum absolute atomic E-state index is 14.0. The van der Waals surface area contributed by atoms with Gasteiger partial charge >= 0.3 is 0 Å². The summed E-state index contributed by atoms with van der Waals surface area (Å²) in [6, 6.07) is 0.890. The molecule has 2 fully saturated rings. The van der Waals surface area contributed by atoms with Crippen LogP contribution in [0, 0.1) is 17.8 Å². The van der Waals surface area contributed by atoms with Crippen LogP contribution in [0.15, 0.2) is 24.3 Å². The van der Waals surface area contributed by atoms with Crippen LogP contribution in [0.4, 0.5) is 5.69 Å². The summed E-state index contributed by atoms with van der Waals surface area (Å²) in [5.74, 6) is -7.50. The zero-order chi connectivity index (χ0) is 28.3. The van der Waals surface area contributed by atoms with Crippen molar-refractivity contribution in [1.29, 1.82) is 0 Å². The number of phenolic OH excluding ortho intramolecular Hbond substituents is 1. The Balaban J connectivity index is 1.92. The van der Waals surface area contributed by atoms with Gasteiger partial charge in [-0.25, -0.2) is 0 Å². The van der Waals surface area contributed by atoms with Crippen molar-refractivity contribution in [3.05, 3.63) is 41.0 Å². The molecule has 0 aliphatic heterocycles. The fraction of sp³-hybridized carbons (Fsp3) is 0.519. The highest BCUT2D eigenvalue weighted by molar-refractivity contribution is 6.25. The summed E-state index contributed by atoms with van der Waals surface area (Å²) < 4.78 is 0. The fourth-order valence-electron chi connectivity index (χ4n) is 6.55. The van der Waals surface area contributed by atoms with Crippen LogP contribution < -0.4 is 16.0 Å². The highest BCUT2D eigenvalue weighted by atomic mass is 16.3. The van der Waals surface area contributed by atoms with Gasteiger partial charge in [0.2, 0.25) is 11.7 Å². The van der Waals surface area contributed by atoms with Crippen LogP contribution in [0.5, 0.6) is 5.75 Å². The first kappa shape index (κ1) is 27.8. The molecule has 6 atom stereocenters. The molecule has 0 spiro atoms. The van der Waals surface area contributed by atoms with Crippen LogP contribution >= 0.6 is 0 Å². The number of likely N-dealkylation sites (N-methyl/N-ethyl adjacent to an activating group) is 1. The van der Waals surface area contributed by atoms with E-state index in [1.54, 1.807) is 25.1 Å². The van der Waals surface area contributed by atoms with Crippen molar-refractivity contribution >= 4 is 28.9 Å². The van der Waals surface area contributed by atoms with Crippen molar-refractivity contribution in [2.45, 2.75) is 37.1 Å². The number of benzene rings is 1. The van der Waals surface area contributed by atoms with Gasteiger partial charge < -0.3 is 41.3 Å². The summed E-state index contributed by atoms with van der Waals surface area (Å²) >= 11 is 0. The lowest BCUT2D eigenvalue weighted by Gasteiger charge is -2.53. The molecule has 0 heterocycles. The van der Waals surface area contributed by atoms with E-state index in [2.05, 4.69) is 11.9 Å². The van der Waals surface area contributed by atoms with Gasteiger partial charge in [-0.2, -0.15) is 0 Å². The number of carbonyl (C=O) groups excluding carboxylic acids is 3. The van der Waals surface area contributed by atoms with E-state index in [0.717, 1.165) is 5.69 Å². The van der Waals surface area contributed by atoms with Gasteiger partial charge in [0.1, 0.15) is 17.4 Å². The Bertz CT molecular complexity index is 1240. The van der Waals surface area contributed by atoms with Crippen LogP contribution in [0.25, 0.3) is 5.76 Å². The topological polar surface area (TPSA) is 177 Å². The molecule has 2 saturated carbocycles. The molecule has 1 amide bonds. The quantitative estimate of drug-likeness (QED) is 0.153. The number of aliphatic hydroxyl groups excluding tert-OH is 2. The first-order valence-electron chi connectivity index (χ1n) is 12.5. The molecule has 0 saturated heterocycles. The van der Waals surface area contributed by atoms with Crippen LogP contribution in [0.3, 0.4) is 0 Å². The van der Waals surface area contributed by atoms with Crippen molar-refractivity contribution < 1.29 is 34.8 Å². The molecule has 11 nitrogen and oxygen atoms in total. The summed E-state index contributed by atoms with van der Waals surface area (Å²) in [4.78, 5) is 43.0. The number of nitrogens with two attached hydrogens (primary N) is 1. The number of nitrogens with one attached hydrogen (secondary N) is 1. The lowest BCUT2D eigenvalue weighted by Crippen LogP contribution is -2.73. The fourth-order valence-corrected chi connectivity index (χ4v) is 6.55. The van der Waals surface area contributed by atoms with E-state index in [4.69, 9.17) is 5.73 Å². The number of nitrogens with zero attached hydrogens (tertiary/aromatic N) is 2. The molecule has 3 aliphatic rings. The lowest BCUT2D eigenvalue weighted by atomic mass is 9.54. The number of Topliss-reactive ketones (excluding diaryl/α,β-unsaturated/α-hetero) is 2. The lowest BCUT2D eigenvalue weighted by molar-refractivity contribution is -0.184. The SMILES string of the molecule is C=CCNCc1cc(N(C)C)c2c(c1O)C(O)=C1C(=O)[C@]3(O)C(=O)C(C(N)=O)C(O)[C@@H](N(C)C)[C@@H]3C[C@@H]1C2. The monoisotopic (exact) mass is 528 g/mol. The van der Waals surface area contributed by atoms with Gasteiger partial charge in [0, 0.05) is 56.0 Å². The van der Waals surface area contributed by atoms with E-state index in [0.29, 0.717) is 17.7 Å². The summed E-state index contributed by atoms with van der Waals surface area (Å²) in [7, 11) is 6.90. The average molecular weight is 529 g/mol. The van der Waals surface area contributed by atoms with Gasteiger partial charge in [-0.05, 0) is 44.5 Å². The minimum atomic E-state index is -2.67. The zero-order valence-electron chi connectivity index (χ0n) is 22.1. The number of aliphatic hydroxyl groups is 3. The third-order valence-electron chi connectivity index (χ3n) is 8.23. The molecule has 1 aromatic carbocycles. The third-order valence-corrected chi connectivity index (χ3v) is 8.23. The predicted octanol–water partition coefficient (Wildman–Crippen LogP) is -0.529. The van der Waals surface area contributed by atoms with Crippen molar-refractivity contribution in [2.75, 3.05) is 39.6 Å². The average Bonchev–Trinajstić information content (AvgIpc) is 2.82. The molecule has 11 heteroatoms. The number of hydrogen-bond donors (Lipinski definition) is 6. The number of fused-ring (bicyclic) bond motifs is 3. The Labute approximate surface area is 221 Å². The van der Waals surface area contributed by atoms with Gasteiger partial charge in [-0.3, -0.25) is 14.4 Å². The van der Waals surface area contributed by atoms with Gasteiger partial charge in [0.25, 0.3) is 0 Å². The molecule has 1 aromatic rings. The van der Waals surface area contributed by atoms with Crippen LogP contribution in [-0.4, -0.2) is 95.3 Å². The van der Waals surface area contributed by atoms with E-state index in [1.165, 1.54) is 0 Å². The third kappa shape index (κ3) is 3.92. The number of phenols is 1. The van der Waals surface area contributed by atoms with Gasteiger partial charge in [0.15, 0.2) is 11.4 Å². The second-order valence-electron chi connectivity index (χ2n) is 10.9. The number of anilines is 1. The van der Waals surface area contributed by atoms with Gasteiger partial charge in [-0.15, -0.1) is 6.58 Å². The second-order valence-corrected chi connectivity index (χ2v) is 10.9. The summed E-state index contributed by atoms with van der Waals surface area (Å²) in [6.07, 6.45) is 0.477. The molecule has 38 heavy (non-hydrogen) atoms. The molecule has 0 aromatic heterocycles. The molecule has 3 aliphatic carbocycles. The molecule has 0 radical (unpaired) electrons. The van der Waals surface area contributed by atoms with Crippen molar-refractivity contribution in [2.24, 2.45) is 23.5 Å². The minimum Gasteiger partial charge on any atom is -0.507 e. The largest absolute Gasteiger partial charge is 0.507 e. The first-order chi connectivity index (χ1) is 17.8. The number of ketones is 2. The molecular weight excluding hydrogens is 492 g/mol. The standard InChI is InChI=1S/C27H36N4O7/c1-6-7-29-11-13-10-16(30(2)3)14-8-12-9-15-20(31(4)5)23(34)19(26(28)37)25(36)27(15,38)24(35)17(12)22(33)18(14)21(13)32/h6,10,12,15,19-20,23,29,32-34,38H,1,7-9,11H2,2-5H3,(H2,28,37)/t12-,15-,19?,20-,23?,27-/m0/s1. The molecule has 0 bridgehead atoms. The summed E-state index contributed by atoms with van der Waals surface area (Å²) in [6.45, 7) is 4.41. The summed E-state index contributed by atoms with van der Waals surface area (Å²) in [5.41, 5.74) is 4.51. The van der Waals surface area contributed by atoms with Crippen molar-refractivity contribution in [1.82, 2.24) is 10.2 Å². The van der Waals surface area contributed by atoms with E-state index >= 15 is 0 Å². The molecule has 7 N–H and O–H groups in total. The Hall–Kier alpha value is -3.25. The number of hydrogen-bond acceptors (Lipinski definition) is 10. The molecule has 4 rings (SSSR count). The minimum absolute atomic E-state index is 0.0761. The second kappa shape index (κ2) is 9.81. The normalized spacial score (nSPS) is 30.6. The van der Waals surface area contributed by atoms with Gasteiger partial charge in [0.05, 0.1) is 11.7 Å². The van der Waals surface area contributed by atoms with Crippen LogP contribution in [0.2, 0.25) is 0 Å². The number of carbonyl (C=O) groups is 3. The predicted molar refractivity (Wildman–Crippen MR) is 140 cm³/mol. The number of amides is 1. The van der Waals surface area contributed by atoms with E-state index in [1.807, 2.05) is 25.1 Å².